The van der Waals surface area contributed by atoms with Crippen molar-refractivity contribution in [1.29, 1.82) is 0 Å². The van der Waals surface area contributed by atoms with Crippen molar-refractivity contribution in [3.05, 3.63) is 0 Å². The smallest absolute Gasteiger partial charge is 0.326 e. The third-order valence-corrected chi connectivity index (χ3v) is 7.84. The average Bonchev–Trinajstić information content (AvgIpc) is 3.02. The molecule has 15 N–H and O–H groups in total. The van der Waals surface area contributed by atoms with E-state index in [0.29, 0.717) is 96.9 Å². The van der Waals surface area contributed by atoms with Gasteiger partial charge < -0.3 is 55.0 Å². The number of hydrogen-bond donors (Lipinski definition) is 10. The molecule has 0 aromatic rings. The summed E-state index contributed by atoms with van der Waals surface area (Å²) in [6.45, 7) is 3.96. The van der Waals surface area contributed by atoms with Gasteiger partial charge in [-0.1, -0.05) is 13.3 Å². The molecule has 0 bridgehead atoms. The third-order valence-electron chi connectivity index (χ3n) is 7.84. The minimum atomic E-state index is -1.18. The molecule has 0 fully saturated rings. The predicted molar refractivity (Wildman–Crippen MR) is 179 cm³/mol. The Morgan fingerprint density at radius 1 is 0.435 bits per heavy atom. The van der Waals surface area contributed by atoms with E-state index in [1.165, 1.54) is 0 Å². The Hall–Kier alpha value is -2.85. The van der Waals surface area contributed by atoms with Crippen molar-refractivity contribution in [2.75, 3.05) is 32.7 Å². The second kappa shape index (κ2) is 27.3. The molecule has 15 nitrogen and oxygen atoms in total. The molecule has 0 radical (unpaired) electrons. The molecular weight excluding hydrogens is 594 g/mol. The number of rotatable bonds is 29. The topological polar surface area (TPSA) is 284 Å². The number of aliphatic carboxylic acids is 1. The predicted octanol–water partition coefficient (Wildman–Crippen LogP) is -0.709. The molecule has 0 spiro atoms. The van der Waals surface area contributed by atoms with E-state index in [0.717, 1.165) is 12.8 Å². The molecule has 0 aliphatic carbocycles. The molecule has 5 atom stereocenters. The second-order valence-electron chi connectivity index (χ2n) is 11.9. The van der Waals surface area contributed by atoms with Gasteiger partial charge in [0.05, 0.1) is 0 Å². The van der Waals surface area contributed by atoms with E-state index < -0.39 is 47.9 Å². The van der Waals surface area contributed by atoms with Gasteiger partial charge in [-0.25, -0.2) is 4.79 Å². The van der Waals surface area contributed by atoms with Crippen molar-refractivity contribution >= 4 is 29.6 Å². The maximum absolute atomic E-state index is 13.6. The van der Waals surface area contributed by atoms with Gasteiger partial charge in [0.25, 0.3) is 0 Å². The summed E-state index contributed by atoms with van der Waals surface area (Å²) in [6, 6.07) is -4.07. The molecule has 46 heavy (non-hydrogen) atoms. The molecule has 0 saturated heterocycles. The number of carboxylic acids is 1. The summed E-state index contributed by atoms with van der Waals surface area (Å²) in [5.74, 6) is -3.49. The minimum Gasteiger partial charge on any atom is -0.480 e. The molecule has 0 heterocycles. The highest BCUT2D eigenvalue weighted by Gasteiger charge is 2.31. The van der Waals surface area contributed by atoms with E-state index in [1.807, 2.05) is 0 Å². The van der Waals surface area contributed by atoms with Gasteiger partial charge in [0.1, 0.15) is 24.2 Å². The zero-order valence-corrected chi connectivity index (χ0v) is 27.9. The highest BCUT2D eigenvalue weighted by atomic mass is 16.4. The summed E-state index contributed by atoms with van der Waals surface area (Å²) < 4.78 is 0. The molecule has 0 aliphatic rings. The molecule has 268 valence electrons. The summed E-state index contributed by atoms with van der Waals surface area (Å²) >= 11 is 0. The van der Waals surface area contributed by atoms with Crippen LogP contribution in [0.4, 0.5) is 0 Å². The number of nitrogens with one attached hydrogen (secondary N) is 4. The second-order valence-corrected chi connectivity index (χ2v) is 11.9. The lowest BCUT2D eigenvalue weighted by atomic mass is 10.0. The molecule has 0 aromatic heterocycles. The van der Waals surface area contributed by atoms with E-state index >= 15 is 0 Å². The van der Waals surface area contributed by atoms with E-state index in [-0.39, 0.29) is 31.1 Å². The monoisotopic (exact) mass is 657 g/mol. The Kier molecular flexibility index (Phi) is 25.6. The zero-order valence-electron chi connectivity index (χ0n) is 27.9. The molecule has 4 amide bonds. The number of carboxylic acid groups (broad SMARTS) is 1. The molecule has 15 heteroatoms. The highest BCUT2D eigenvalue weighted by molar-refractivity contribution is 5.95. The van der Waals surface area contributed by atoms with Crippen LogP contribution in [0.5, 0.6) is 0 Å². The third kappa shape index (κ3) is 19.6. The molecular formula is C31H63N9O6. The number of unbranched alkanes of at least 4 members (excludes halogenated alkanes) is 5. The maximum atomic E-state index is 13.6. The van der Waals surface area contributed by atoms with Crippen LogP contribution >= 0.6 is 0 Å². The van der Waals surface area contributed by atoms with Gasteiger partial charge in [-0.2, -0.15) is 0 Å². The summed E-state index contributed by atoms with van der Waals surface area (Å²) in [4.78, 5) is 65.1. The SMILES string of the molecule is CC(CCCCN)C(=O)NC(CCCCN)C(=O)NC(CCCCN)C(=O)NC(CCCCN)C(=O)NC(CCCCN)C(=O)O. The Bertz CT molecular complexity index is 879. The zero-order chi connectivity index (χ0) is 34.7. The van der Waals surface area contributed by atoms with Gasteiger partial charge in [0, 0.05) is 5.92 Å². The Morgan fingerprint density at radius 2 is 0.696 bits per heavy atom. The molecule has 0 rings (SSSR count). The minimum absolute atomic E-state index is 0.197. The first kappa shape index (κ1) is 43.1. The first-order chi connectivity index (χ1) is 22.1. The fraction of sp³-hybridized carbons (Fsp3) is 0.839. The van der Waals surface area contributed by atoms with Crippen LogP contribution in [0.15, 0.2) is 0 Å². The van der Waals surface area contributed by atoms with Gasteiger partial charge >= 0.3 is 5.97 Å². The van der Waals surface area contributed by atoms with Crippen LogP contribution in [0, 0.1) is 5.92 Å². The summed E-state index contributed by atoms with van der Waals surface area (Å²) in [5, 5.41) is 20.6. The molecule has 5 unspecified atom stereocenters. The van der Waals surface area contributed by atoms with Crippen molar-refractivity contribution in [1.82, 2.24) is 21.3 Å². The van der Waals surface area contributed by atoms with Crippen molar-refractivity contribution in [3.8, 4) is 0 Å². The molecule has 0 aliphatic heterocycles. The summed E-state index contributed by atoms with van der Waals surface area (Å²) in [7, 11) is 0. The Morgan fingerprint density at radius 3 is 1.00 bits per heavy atom. The lowest BCUT2D eigenvalue weighted by molar-refractivity contribution is -0.142. The maximum Gasteiger partial charge on any atom is 0.326 e. The van der Waals surface area contributed by atoms with Crippen molar-refractivity contribution in [3.63, 3.8) is 0 Å². The van der Waals surface area contributed by atoms with Crippen LogP contribution < -0.4 is 49.9 Å². The van der Waals surface area contributed by atoms with Crippen LogP contribution in [0.2, 0.25) is 0 Å². The summed E-state index contributed by atoms with van der Waals surface area (Å²) in [5.41, 5.74) is 28.0. The van der Waals surface area contributed by atoms with Gasteiger partial charge in [-0.05, 0) is 123 Å². The number of carbonyl (C=O) groups excluding carboxylic acids is 4. The summed E-state index contributed by atoms with van der Waals surface area (Å²) in [6.07, 6.45) is 7.89. The lowest BCUT2D eigenvalue weighted by Gasteiger charge is -2.27. The van der Waals surface area contributed by atoms with Gasteiger partial charge in [-0.3, -0.25) is 19.2 Å². The van der Waals surface area contributed by atoms with Crippen LogP contribution in [0.25, 0.3) is 0 Å². The Balaban J connectivity index is 5.87. The van der Waals surface area contributed by atoms with E-state index in [2.05, 4.69) is 21.3 Å². The number of carbonyl (C=O) groups is 5. The fourth-order valence-electron chi connectivity index (χ4n) is 4.89. The van der Waals surface area contributed by atoms with E-state index in [1.54, 1.807) is 6.92 Å². The first-order valence-corrected chi connectivity index (χ1v) is 17.0. The highest BCUT2D eigenvalue weighted by Crippen LogP contribution is 2.11. The van der Waals surface area contributed by atoms with Crippen molar-refractivity contribution < 1.29 is 29.1 Å². The Labute approximate surface area is 274 Å². The first-order valence-electron chi connectivity index (χ1n) is 17.0. The fourth-order valence-corrected chi connectivity index (χ4v) is 4.89. The molecule has 0 saturated carbocycles. The number of amides is 4. The van der Waals surface area contributed by atoms with Crippen LogP contribution in [0.3, 0.4) is 0 Å². The average molecular weight is 658 g/mol. The van der Waals surface area contributed by atoms with Crippen molar-refractivity contribution in [2.24, 2.45) is 34.6 Å². The molecule has 0 aromatic carbocycles. The van der Waals surface area contributed by atoms with Gasteiger partial charge in [0.15, 0.2) is 0 Å². The van der Waals surface area contributed by atoms with E-state index in [9.17, 15) is 29.1 Å². The van der Waals surface area contributed by atoms with Crippen LogP contribution in [0.1, 0.15) is 103 Å². The van der Waals surface area contributed by atoms with E-state index in [4.69, 9.17) is 28.7 Å². The normalized spacial score (nSPS) is 14.4. The van der Waals surface area contributed by atoms with Gasteiger partial charge in [-0.15, -0.1) is 0 Å². The largest absolute Gasteiger partial charge is 0.480 e. The lowest BCUT2D eigenvalue weighted by Crippen LogP contribution is -2.58. The van der Waals surface area contributed by atoms with Crippen LogP contribution in [-0.4, -0.2) is 91.6 Å². The van der Waals surface area contributed by atoms with Crippen LogP contribution in [-0.2, 0) is 24.0 Å². The quantitative estimate of drug-likeness (QED) is 0.0448. The van der Waals surface area contributed by atoms with Crippen molar-refractivity contribution in [2.45, 2.75) is 127 Å². The standard InChI is InChI=1S/C31H63N9O6/c1-22(12-2-7-17-32)27(41)37-23(13-3-8-18-33)28(42)38-24(14-4-9-19-34)29(43)39-25(15-5-10-20-35)30(44)40-26(31(45)46)16-6-11-21-36/h22-26H,2-21,32-36H2,1H3,(H,37,41)(H,38,42)(H,39,43)(H,40,44)(H,45,46). The number of nitrogens with two attached hydrogens (primary N) is 5. The van der Waals surface area contributed by atoms with Gasteiger partial charge in [0.2, 0.25) is 23.6 Å². The number of hydrogen-bond acceptors (Lipinski definition) is 10.